The number of aromatic nitrogens is 2. The standard InChI is InChI=1S/C20H23N5O4S/c1-20(2,3)29-19(28)25-18-23-12(10-30-18)9-22-16(26)13-8-11-6-5-7-14(21-4)15(11)24-17(13)27/h5-8,10,21H,9H2,1-4H3,(H,22,26)(H,24,27)(H,23,25,28). The molecular weight excluding hydrogens is 406 g/mol. The number of fused-ring (bicyclic) bond motifs is 1. The number of amides is 2. The Kier molecular flexibility index (Phi) is 6.06. The number of nitrogens with one attached hydrogen (secondary N) is 4. The third kappa shape index (κ3) is 5.15. The Bertz CT molecular complexity index is 1150. The lowest BCUT2D eigenvalue weighted by molar-refractivity contribution is 0.0635. The van der Waals surface area contributed by atoms with Crippen LogP contribution in [0.25, 0.3) is 10.9 Å². The second kappa shape index (κ2) is 8.54. The molecule has 0 aliphatic heterocycles. The van der Waals surface area contributed by atoms with E-state index in [-0.39, 0.29) is 12.1 Å². The smallest absolute Gasteiger partial charge is 0.413 e. The molecule has 1 aromatic carbocycles. The van der Waals surface area contributed by atoms with Crippen LogP contribution in [0.3, 0.4) is 0 Å². The van der Waals surface area contributed by atoms with Crippen LogP contribution in [-0.2, 0) is 11.3 Å². The molecule has 3 aromatic rings. The second-order valence-electron chi connectivity index (χ2n) is 7.49. The zero-order valence-corrected chi connectivity index (χ0v) is 17.9. The second-order valence-corrected chi connectivity index (χ2v) is 8.34. The van der Waals surface area contributed by atoms with E-state index in [0.29, 0.717) is 16.3 Å². The summed E-state index contributed by atoms with van der Waals surface area (Å²) in [6.07, 6.45) is -0.601. The molecule has 3 rings (SSSR count). The van der Waals surface area contributed by atoms with Gasteiger partial charge in [0, 0.05) is 17.8 Å². The monoisotopic (exact) mass is 429 g/mol. The van der Waals surface area contributed by atoms with Crippen molar-refractivity contribution in [2.75, 3.05) is 17.7 Å². The van der Waals surface area contributed by atoms with Gasteiger partial charge in [0.15, 0.2) is 5.13 Å². The largest absolute Gasteiger partial charge is 0.444 e. The van der Waals surface area contributed by atoms with Crippen LogP contribution >= 0.6 is 11.3 Å². The maximum Gasteiger partial charge on any atom is 0.413 e. The zero-order valence-electron chi connectivity index (χ0n) is 17.1. The Hall–Kier alpha value is -3.40. The minimum atomic E-state index is -0.612. The van der Waals surface area contributed by atoms with Gasteiger partial charge in [-0.15, -0.1) is 11.3 Å². The Balaban J connectivity index is 1.66. The summed E-state index contributed by atoms with van der Waals surface area (Å²) in [6.45, 7) is 5.41. The van der Waals surface area contributed by atoms with Gasteiger partial charge in [-0.05, 0) is 32.9 Å². The first-order valence-electron chi connectivity index (χ1n) is 9.22. The van der Waals surface area contributed by atoms with E-state index < -0.39 is 23.2 Å². The number of hydrogen-bond acceptors (Lipinski definition) is 7. The molecule has 4 N–H and O–H groups in total. The molecule has 9 nitrogen and oxygen atoms in total. The number of benzene rings is 1. The predicted molar refractivity (Wildman–Crippen MR) is 117 cm³/mol. The number of aromatic amines is 1. The number of thiazole rings is 1. The normalized spacial score (nSPS) is 11.2. The number of anilines is 2. The lowest BCUT2D eigenvalue weighted by atomic mass is 10.1. The molecule has 0 fully saturated rings. The van der Waals surface area contributed by atoms with Crippen LogP contribution in [0, 0.1) is 0 Å². The summed E-state index contributed by atoms with van der Waals surface area (Å²) in [7, 11) is 1.76. The van der Waals surface area contributed by atoms with Crippen molar-refractivity contribution in [3.8, 4) is 0 Å². The van der Waals surface area contributed by atoms with Crippen molar-refractivity contribution in [3.05, 3.63) is 51.3 Å². The van der Waals surface area contributed by atoms with Crippen molar-refractivity contribution in [3.63, 3.8) is 0 Å². The highest BCUT2D eigenvalue weighted by molar-refractivity contribution is 7.13. The molecule has 2 heterocycles. The average Bonchev–Trinajstić information content (AvgIpc) is 3.10. The molecule has 0 bridgehead atoms. The molecule has 2 aromatic heterocycles. The third-order valence-electron chi connectivity index (χ3n) is 3.98. The highest BCUT2D eigenvalue weighted by atomic mass is 32.1. The van der Waals surface area contributed by atoms with Crippen molar-refractivity contribution < 1.29 is 14.3 Å². The molecule has 0 radical (unpaired) electrons. The fourth-order valence-electron chi connectivity index (χ4n) is 2.71. The molecule has 0 saturated heterocycles. The topological polar surface area (TPSA) is 125 Å². The van der Waals surface area contributed by atoms with Gasteiger partial charge in [-0.25, -0.2) is 9.78 Å². The van der Waals surface area contributed by atoms with Crippen molar-refractivity contribution in [1.82, 2.24) is 15.3 Å². The number of rotatable bonds is 5. The number of nitrogens with zero attached hydrogens (tertiary/aromatic N) is 1. The van der Waals surface area contributed by atoms with E-state index >= 15 is 0 Å². The van der Waals surface area contributed by atoms with Crippen LogP contribution in [0.15, 0.2) is 34.4 Å². The van der Waals surface area contributed by atoms with Crippen molar-refractivity contribution >= 4 is 45.1 Å². The molecule has 0 unspecified atom stereocenters. The number of pyridine rings is 1. The van der Waals surface area contributed by atoms with Crippen molar-refractivity contribution in [2.45, 2.75) is 32.9 Å². The first-order valence-corrected chi connectivity index (χ1v) is 10.1. The van der Waals surface area contributed by atoms with Gasteiger partial charge in [-0.2, -0.15) is 0 Å². The highest BCUT2D eigenvalue weighted by Crippen LogP contribution is 2.20. The van der Waals surface area contributed by atoms with Crippen LogP contribution < -0.4 is 21.5 Å². The fraction of sp³-hybridized carbons (Fsp3) is 0.300. The first-order chi connectivity index (χ1) is 14.2. The van der Waals surface area contributed by atoms with Gasteiger partial charge in [0.1, 0.15) is 11.2 Å². The SMILES string of the molecule is CNc1cccc2cc(C(=O)NCc3csc(NC(=O)OC(C)(C)C)n3)c(=O)[nH]c12. The quantitative estimate of drug-likeness (QED) is 0.493. The Morgan fingerprint density at radius 2 is 2.03 bits per heavy atom. The lowest BCUT2D eigenvalue weighted by Crippen LogP contribution is -2.29. The van der Waals surface area contributed by atoms with Crippen LogP contribution in [0.1, 0.15) is 36.8 Å². The maximum atomic E-state index is 12.5. The third-order valence-corrected chi connectivity index (χ3v) is 4.79. The number of carbonyl (C=O) groups excluding carboxylic acids is 2. The van der Waals surface area contributed by atoms with E-state index in [1.54, 1.807) is 39.3 Å². The van der Waals surface area contributed by atoms with Crippen LogP contribution in [0.5, 0.6) is 0 Å². The van der Waals surface area contributed by atoms with E-state index in [2.05, 4.69) is 25.9 Å². The number of hydrogen-bond donors (Lipinski definition) is 4. The molecule has 0 spiro atoms. The van der Waals surface area contributed by atoms with Gasteiger partial charge in [-0.3, -0.25) is 14.9 Å². The zero-order chi connectivity index (χ0) is 21.9. The molecule has 0 atom stereocenters. The molecule has 158 valence electrons. The van der Waals surface area contributed by atoms with Gasteiger partial charge < -0.3 is 20.4 Å². The average molecular weight is 430 g/mol. The summed E-state index contributed by atoms with van der Waals surface area (Å²) in [6, 6.07) is 7.05. The van der Waals surface area contributed by atoms with Crippen LogP contribution in [0.2, 0.25) is 0 Å². The van der Waals surface area contributed by atoms with Gasteiger partial charge in [0.2, 0.25) is 0 Å². The summed E-state index contributed by atoms with van der Waals surface area (Å²) < 4.78 is 5.18. The van der Waals surface area contributed by atoms with E-state index in [9.17, 15) is 14.4 Å². The van der Waals surface area contributed by atoms with E-state index in [1.807, 2.05) is 18.2 Å². The predicted octanol–water partition coefficient (Wildman–Crippen LogP) is 3.30. The van der Waals surface area contributed by atoms with Crippen LogP contribution in [-0.4, -0.2) is 34.6 Å². The van der Waals surface area contributed by atoms with Gasteiger partial charge in [0.25, 0.3) is 11.5 Å². The molecule has 2 amide bonds. The molecule has 0 aliphatic carbocycles. The summed E-state index contributed by atoms with van der Waals surface area (Å²) in [5.41, 5.74) is 0.877. The molecule has 0 saturated carbocycles. The van der Waals surface area contributed by atoms with Gasteiger partial charge >= 0.3 is 6.09 Å². The number of ether oxygens (including phenoxy) is 1. The molecular formula is C20H23N5O4S. The highest BCUT2D eigenvalue weighted by Gasteiger charge is 2.18. The molecule has 0 aliphatic rings. The maximum absolute atomic E-state index is 12.5. The van der Waals surface area contributed by atoms with Crippen LogP contribution in [0.4, 0.5) is 15.6 Å². The van der Waals surface area contributed by atoms with E-state index in [0.717, 1.165) is 11.1 Å². The minimum Gasteiger partial charge on any atom is -0.444 e. The summed E-state index contributed by atoms with van der Waals surface area (Å²) in [4.78, 5) is 43.7. The summed E-state index contributed by atoms with van der Waals surface area (Å²) in [5.74, 6) is -0.511. The number of carbonyl (C=O) groups is 2. The summed E-state index contributed by atoms with van der Waals surface area (Å²) in [5, 5.41) is 11.0. The van der Waals surface area contributed by atoms with E-state index in [4.69, 9.17) is 4.74 Å². The fourth-order valence-corrected chi connectivity index (χ4v) is 3.41. The first kappa shape index (κ1) is 21.3. The Morgan fingerprint density at radius 3 is 2.73 bits per heavy atom. The number of H-pyrrole nitrogens is 1. The Morgan fingerprint density at radius 1 is 1.27 bits per heavy atom. The number of para-hydroxylation sites is 1. The van der Waals surface area contributed by atoms with E-state index in [1.165, 1.54) is 11.3 Å². The molecule has 10 heteroatoms. The minimum absolute atomic E-state index is 0.0121. The molecule has 30 heavy (non-hydrogen) atoms. The lowest BCUT2D eigenvalue weighted by Gasteiger charge is -2.18. The Labute approximate surface area is 176 Å². The van der Waals surface area contributed by atoms with Gasteiger partial charge in [-0.1, -0.05) is 12.1 Å². The van der Waals surface area contributed by atoms with Crippen molar-refractivity contribution in [2.24, 2.45) is 0 Å². The summed E-state index contributed by atoms with van der Waals surface area (Å²) >= 11 is 1.21. The van der Waals surface area contributed by atoms with Crippen molar-refractivity contribution in [1.29, 1.82) is 0 Å². The van der Waals surface area contributed by atoms with Gasteiger partial charge in [0.05, 0.1) is 23.4 Å².